The molecule has 1 heterocycles. The number of hydrogen-bond donors (Lipinski definition) is 3. The summed E-state index contributed by atoms with van der Waals surface area (Å²) in [6.07, 6.45) is 1.49. The number of sulfonamides is 1. The Labute approximate surface area is 118 Å². The SMILES string of the molecule is CC(C)(CNC(=O)N1CCC(C(=O)O)C1)NS(C)(=O)=O. The fraction of sp³-hybridized carbons (Fsp3) is 0.818. The van der Waals surface area contributed by atoms with Crippen LogP contribution in [0.4, 0.5) is 4.79 Å². The van der Waals surface area contributed by atoms with Gasteiger partial charge in [0.1, 0.15) is 0 Å². The molecule has 3 N–H and O–H groups in total. The van der Waals surface area contributed by atoms with E-state index in [-0.39, 0.29) is 19.1 Å². The van der Waals surface area contributed by atoms with Gasteiger partial charge in [-0.1, -0.05) is 0 Å². The Kier molecular flexibility index (Phi) is 4.98. The summed E-state index contributed by atoms with van der Waals surface area (Å²) in [5, 5.41) is 11.5. The van der Waals surface area contributed by atoms with Gasteiger partial charge in [0.15, 0.2) is 0 Å². The van der Waals surface area contributed by atoms with Crippen molar-refractivity contribution in [3.8, 4) is 0 Å². The van der Waals surface area contributed by atoms with E-state index >= 15 is 0 Å². The number of aliphatic carboxylic acids is 1. The van der Waals surface area contributed by atoms with Gasteiger partial charge in [0.25, 0.3) is 0 Å². The normalized spacial score (nSPS) is 19.9. The summed E-state index contributed by atoms with van der Waals surface area (Å²) in [6.45, 7) is 3.99. The highest BCUT2D eigenvalue weighted by atomic mass is 32.2. The first kappa shape index (κ1) is 16.7. The third-order valence-electron chi connectivity index (χ3n) is 2.97. The summed E-state index contributed by atoms with van der Waals surface area (Å²) in [4.78, 5) is 24.1. The molecular weight excluding hydrogens is 286 g/mol. The highest BCUT2D eigenvalue weighted by molar-refractivity contribution is 7.88. The van der Waals surface area contributed by atoms with Crippen molar-refractivity contribution >= 4 is 22.0 Å². The lowest BCUT2D eigenvalue weighted by Crippen LogP contribution is -2.53. The monoisotopic (exact) mass is 307 g/mol. The minimum Gasteiger partial charge on any atom is -0.481 e. The number of carboxylic acid groups (broad SMARTS) is 1. The highest BCUT2D eigenvalue weighted by Gasteiger charge is 2.31. The fourth-order valence-corrected chi connectivity index (χ4v) is 3.17. The molecule has 116 valence electrons. The second-order valence-corrected chi connectivity index (χ2v) is 7.44. The zero-order valence-electron chi connectivity index (χ0n) is 11.8. The van der Waals surface area contributed by atoms with E-state index in [0.717, 1.165) is 6.26 Å². The van der Waals surface area contributed by atoms with E-state index < -0.39 is 27.4 Å². The zero-order chi connectivity index (χ0) is 15.6. The molecule has 0 aliphatic carbocycles. The second kappa shape index (κ2) is 5.96. The molecule has 0 spiro atoms. The molecule has 1 fully saturated rings. The van der Waals surface area contributed by atoms with Gasteiger partial charge >= 0.3 is 12.0 Å². The van der Waals surface area contributed by atoms with E-state index in [4.69, 9.17) is 5.11 Å². The summed E-state index contributed by atoms with van der Waals surface area (Å²) >= 11 is 0. The number of carbonyl (C=O) groups excluding carboxylic acids is 1. The number of hydrogen-bond acceptors (Lipinski definition) is 4. The van der Waals surface area contributed by atoms with Crippen molar-refractivity contribution in [1.82, 2.24) is 14.9 Å². The molecule has 9 heteroatoms. The molecule has 1 rings (SSSR count). The number of rotatable bonds is 5. The lowest BCUT2D eigenvalue weighted by molar-refractivity contribution is -0.141. The van der Waals surface area contributed by atoms with Crippen molar-refractivity contribution in [2.24, 2.45) is 5.92 Å². The zero-order valence-corrected chi connectivity index (χ0v) is 12.7. The van der Waals surface area contributed by atoms with Crippen LogP contribution < -0.4 is 10.0 Å². The molecule has 20 heavy (non-hydrogen) atoms. The summed E-state index contributed by atoms with van der Waals surface area (Å²) < 4.78 is 24.7. The smallest absolute Gasteiger partial charge is 0.317 e. The van der Waals surface area contributed by atoms with Gasteiger partial charge in [-0.25, -0.2) is 17.9 Å². The number of nitrogens with zero attached hydrogens (tertiary/aromatic N) is 1. The van der Waals surface area contributed by atoms with E-state index in [9.17, 15) is 18.0 Å². The third-order valence-corrected chi connectivity index (χ3v) is 3.89. The molecule has 1 aliphatic rings. The molecule has 1 saturated heterocycles. The first-order chi connectivity index (χ1) is 9.00. The van der Waals surface area contributed by atoms with Crippen molar-refractivity contribution in [1.29, 1.82) is 0 Å². The van der Waals surface area contributed by atoms with Crippen LogP contribution in [-0.2, 0) is 14.8 Å². The topological polar surface area (TPSA) is 116 Å². The Morgan fingerprint density at radius 2 is 2.00 bits per heavy atom. The number of carboxylic acids is 1. The van der Waals surface area contributed by atoms with Gasteiger partial charge in [-0.15, -0.1) is 0 Å². The van der Waals surface area contributed by atoms with Crippen LogP contribution in [0.1, 0.15) is 20.3 Å². The Morgan fingerprint density at radius 3 is 2.45 bits per heavy atom. The first-order valence-corrected chi connectivity index (χ1v) is 8.14. The van der Waals surface area contributed by atoms with Gasteiger partial charge in [0.2, 0.25) is 10.0 Å². The number of carbonyl (C=O) groups is 2. The average Bonchev–Trinajstić information content (AvgIpc) is 2.71. The van der Waals surface area contributed by atoms with Crippen molar-refractivity contribution < 1.29 is 23.1 Å². The molecule has 0 bridgehead atoms. The van der Waals surface area contributed by atoms with E-state index in [0.29, 0.717) is 13.0 Å². The molecule has 1 aliphatic heterocycles. The van der Waals surface area contributed by atoms with Crippen LogP contribution >= 0.6 is 0 Å². The second-order valence-electron chi connectivity index (χ2n) is 5.69. The number of urea groups is 1. The average molecular weight is 307 g/mol. The van der Waals surface area contributed by atoms with E-state index in [1.807, 2.05) is 0 Å². The molecule has 0 radical (unpaired) electrons. The first-order valence-electron chi connectivity index (χ1n) is 6.25. The highest BCUT2D eigenvalue weighted by Crippen LogP contribution is 2.16. The van der Waals surface area contributed by atoms with E-state index in [1.165, 1.54) is 4.90 Å². The Bertz CT molecular complexity index is 488. The molecule has 0 aromatic rings. The number of likely N-dealkylation sites (tertiary alicyclic amines) is 1. The minimum atomic E-state index is -3.36. The molecule has 8 nitrogen and oxygen atoms in total. The van der Waals surface area contributed by atoms with Crippen LogP contribution in [-0.4, -0.2) is 61.9 Å². The summed E-state index contributed by atoms with van der Waals surface area (Å²) in [6, 6.07) is -0.378. The molecule has 1 unspecified atom stereocenters. The quantitative estimate of drug-likeness (QED) is 0.629. The molecular formula is C11H21N3O5S. The molecule has 1 atom stereocenters. The molecule has 2 amide bonds. The third kappa shape index (κ3) is 5.33. The summed E-state index contributed by atoms with van der Waals surface area (Å²) in [5.74, 6) is -1.43. The van der Waals surface area contributed by atoms with Gasteiger partial charge in [-0.05, 0) is 20.3 Å². The maximum atomic E-state index is 11.9. The van der Waals surface area contributed by atoms with Gasteiger partial charge in [-0.3, -0.25) is 4.79 Å². The van der Waals surface area contributed by atoms with Gasteiger partial charge in [0, 0.05) is 25.2 Å². The number of amides is 2. The Hall–Kier alpha value is -1.35. The van der Waals surface area contributed by atoms with Crippen molar-refractivity contribution in [3.05, 3.63) is 0 Å². The lowest BCUT2D eigenvalue weighted by Gasteiger charge is -2.27. The van der Waals surface area contributed by atoms with Gasteiger partial charge in [-0.2, -0.15) is 0 Å². The van der Waals surface area contributed by atoms with Crippen molar-refractivity contribution in [3.63, 3.8) is 0 Å². The molecule has 0 aromatic carbocycles. The predicted molar refractivity (Wildman–Crippen MR) is 72.8 cm³/mol. The van der Waals surface area contributed by atoms with Crippen LogP contribution in [0, 0.1) is 5.92 Å². The molecule has 0 saturated carbocycles. The van der Waals surface area contributed by atoms with Crippen LogP contribution in [0.15, 0.2) is 0 Å². The Balaban J connectivity index is 2.46. The standard InChI is InChI=1S/C11H21N3O5S/c1-11(2,13-20(3,18)19)7-12-10(17)14-5-4-8(6-14)9(15)16/h8,13H,4-7H2,1-3H3,(H,12,17)(H,15,16). The van der Waals surface area contributed by atoms with Crippen LogP contribution in [0.5, 0.6) is 0 Å². The molecule has 0 aromatic heterocycles. The van der Waals surface area contributed by atoms with E-state index in [1.54, 1.807) is 13.8 Å². The van der Waals surface area contributed by atoms with Crippen LogP contribution in [0.2, 0.25) is 0 Å². The predicted octanol–water partition coefficient (Wildman–Crippen LogP) is -0.570. The minimum absolute atomic E-state index is 0.118. The van der Waals surface area contributed by atoms with Crippen molar-refractivity contribution in [2.75, 3.05) is 25.9 Å². The van der Waals surface area contributed by atoms with Crippen LogP contribution in [0.25, 0.3) is 0 Å². The fourth-order valence-electron chi connectivity index (χ4n) is 2.09. The summed E-state index contributed by atoms with van der Waals surface area (Å²) in [7, 11) is -3.36. The maximum absolute atomic E-state index is 11.9. The van der Waals surface area contributed by atoms with Crippen LogP contribution in [0.3, 0.4) is 0 Å². The largest absolute Gasteiger partial charge is 0.481 e. The van der Waals surface area contributed by atoms with Gasteiger partial charge in [0.05, 0.1) is 12.2 Å². The maximum Gasteiger partial charge on any atom is 0.317 e. The van der Waals surface area contributed by atoms with Crippen molar-refractivity contribution in [2.45, 2.75) is 25.8 Å². The number of nitrogens with one attached hydrogen (secondary N) is 2. The lowest BCUT2D eigenvalue weighted by atomic mass is 10.1. The summed E-state index contributed by atoms with van der Waals surface area (Å²) in [5.41, 5.74) is -0.810. The van der Waals surface area contributed by atoms with E-state index in [2.05, 4.69) is 10.0 Å². The van der Waals surface area contributed by atoms with Gasteiger partial charge < -0.3 is 15.3 Å². The Morgan fingerprint density at radius 1 is 1.40 bits per heavy atom.